The first-order chi connectivity index (χ1) is 9.12. The Labute approximate surface area is 118 Å². The Balaban J connectivity index is 2.88. The summed E-state index contributed by atoms with van der Waals surface area (Å²) in [6, 6.07) is 7.08. The molecule has 4 nitrogen and oxygen atoms in total. The number of aliphatic carboxylic acids is 1. The molecule has 0 heterocycles. The molecule has 0 aliphatic rings. The molecule has 0 radical (unpaired) electrons. The van der Waals surface area contributed by atoms with Crippen LogP contribution in [0.3, 0.4) is 0 Å². The van der Waals surface area contributed by atoms with Crippen molar-refractivity contribution in [2.75, 3.05) is 0 Å². The molecule has 0 saturated carbocycles. The number of carboxylic acid groups (broad SMARTS) is 1. The number of carboxylic acids is 1. The lowest BCUT2D eigenvalue weighted by Crippen LogP contribution is -2.24. The monoisotopic (exact) mass is 276 g/mol. The van der Waals surface area contributed by atoms with Gasteiger partial charge in [0.2, 0.25) is 0 Å². The number of carbonyl (C=O) groups excluding carboxylic acids is 2. The largest absolute Gasteiger partial charge is 0.481 e. The predicted octanol–water partition coefficient (Wildman–Crippen LogP) is 2.85. The summed E-state index contributed by atoms with van der Waals surface area (Å²) in [4.78, 5) is 34.1. The number of ketones is 2. The van der Waals surface area contributed by atoms with Crippen molar-refractivity contribution in [3.63, 3.8) is 0 Å². The fourth-order valence-corrected chi connectivity index (χ4v) is 1.86. The molecule has 0 aliphatic heterocycles. The van der Waals surface area contributed by atoms with Crippen molar-refractivity contribution in [3.05, 3.63) is 35.4 Å². The second-order valence-electron chi connectivity index (χ2n) is 5.96. The third-order valence-electron chi connectivity index (χ3n) is 3.25. The van der Waals surface area contributed by atoms with Gasteiger partial charge in [-0.1, -0.05) is 45.0 Å². The van der Waals surface area contributed by atoms with Gasteiger partial charge < -0.3 is 5.11 Å². The van der Waals surface area contributed by atoms with Crippen LogP contribution in [0, 0.1) is 5.92 Å². The van der Waals surface area contributed by atoms with Crippen molar-refractivity contribution in [1.29, 1.82) is 0 Å². The van der Waals surface area contributed by atoms with Crippen LogP contribution < -0.4 is 0 Å². The maximum Gasteiger partial charge on any atom is 0.314 e. The molecule has 0 aliphatic carbocycles. The molecule has 0 bridgehead atoms. The Morgan fingerprint density at radius 3 is 1.95 bits per heavy atom. The first-order valence-corrected chi connectivity index (χ1v) is 6.50. The van der Waals surface area contributed by atoms with Gasteiger partial charge in [-0.15, -0.1) is 0 Å². The van der Waals surface area contributed by atoms with Gasteiger partial charge in [0.25, 0.3) is 0 Å². The van der Waals surface area contributed by atoms with Crippen LogP contribution in [0.2, 0.25) is 0 Å². The summed E-state index contributed by atoms with van der Waals surface area (Å²) >= 11 is 0. The zero-order valence-electron chi connectivity index (χ0n) is 12.3. The van der Waals surface area contributed by atoms with Gasteiger partial charge in [-0.2, -0.15) is 0 Å². The van der Waals surface area contributed by atoms with Crippen molar-refractivity contribution < 1.29 is 19.5 Å². The lowest BCUT2D eigenvalue weighted by molar-refractivity contribution is -0.145. The number of Topliss-reactive ketones (excluding diaryl/α,β-unsaturated/α-hetero) is 2. The summed E-state index contributed by atoms with van der Waals surface area (Å²) < 4.78 is 0. The molecule has 0 aromatic heterocycles. The van der Waals surface area contributed by atoms with Crippen LogP contribution in [-0.4, -0.2) is 22.6 Å². The minimum atomic E-state index is -1.26. The highest BCUT2D eigenvalue weighted by molar-refractivity contribution is 6.05. The van der Waals surface area contributed by atoms with Gasteiger partial charge in [-0.05, 0) is 17.9 Å². The molecule has 108 valence electrons. The molecule has 1 rings (SSSR count). The third-order valence-corrected chi connectivity index (χ3v) is 3.25. The van der Waals surface area contributed by atoms with E-state index in [0.29, 0.717) is 5.56 Å². The number of hydrogen-bond acceptors (Lipinski definition) is 3. The maximum atomic E-state index is 12.0. The molecule has 1 unspecified atom stereocenters. The fourth-order valence-electron chi connectivity index (χ4n) is 1.86. The zero-order valence-corrected chi connectivity index (χ0v) is 12.3. The number of rotatable bonds is 5. The quantitative estimate of drug-likeness (QED) is 0.663. The molecule has 4 heteroatoms. The Hall–Kier alpha value is -1.97. The van der Waals surface area contributed by atoms with Crippen LogP contribution in [-0.2, 0) is 15.0 Å². The molecular formula is C16H20O4. The van der Waals surface area contributed by atoms with E-state index in [9.17, 15) is 14.4 Å². The molecule has 1 N–H and O–H groups in total. The van der Waals surface area contributed by atoms with Gasteiger partial charge >= 0.3 is 5.97 Å². The zero-order chi connectivity index (χ0) is 15.5. The standard InChI is InChI=1S/C16H20O4/c1-10(17)13(15(19)20)9-14(18)11-5-7-12(8-6-11)16(2,3)4/h5-8,13H,9H2,1-4H3,(H,19,20). The number of benzene rings is 1. The van der Waals surface area contributed by atoms with E-state index in [0.717, 1.165) is 5.56 Å². The summed E-state index contributed by atoms with van der Waals surface area (Å²) in [7, 11) is 0. The third kappa shape index (κ3) is 4.02. The molecule has 1 atom stereocenters. The van der Waals surface area contributed by atoms with E-state index >= 15 is 0 Å². The van der Waals surface area contributed by atoms with E-state index in [1.165, 1.54) is 6.92 Å². The summed E-state index contributed by atoms with van der Waals surface area (Å²) in [5, 5.41) is 8.92. The van der Waals surface area contributed by atoms with E-state index in [1.54, 1.807) is 12.1 Å². The van der Waals surface area contributed by atoms with Gasteiger partial charge in [0.15, 0.2) is 5.78 Å². The summed E-state index contributed by atoms with van der Waals surface area (Å²) in [6.45, 7) is 7.40. The normalized spacial score (nSPS) is 12.8. The molecule has 0 spiro atoms. The molecule has 0 fully saturated rings. The molecule has 0 saturated heterocycles. The Kier molecular flexibility index (Phi) is 4.82. The van der Waals surface area contributed by atoms with Crippen molar-refractivity contribution >= 4 is 17.5 Å². The number of hydrogen-bond donors (Lipinski definition) is 1. The van der Waals surface area contributed by atoms with Gasteiger partial charge in [0.05, 0.1) is 0 Å². The highest BCUT2D eigenvalue weighted by Gasteiger charge is 2.26. The predicted molar refractivity (Wildman–Crippen MR) is 75.9 cm³/mol. The van der Waals surface area contributed by atoms with Crippen LogP contribution >= 0.6 is 0 Å². The molecule has 1 aromatic rings. The van der Waals surface area contributed by atoms with Gasteiger partial charge in [-0.3, -0.25) is 14.4 Å². The topological polar surface area (TPSA) is 71.4 Å². The summed E-state index contributed by atoms with van der Waals surface area (Å²) in [5.74, 6) is -3.34. The first kappa shape index (κ1) is 16.1. The maximum absolute atomic E-state index is 12.0. The van der Waals surface area contributed by atoms with Crippen molar-refractivity contribution in [2.24, 2.45) is 5.92 Å². The van der Waals surface area contributed by atoms with Crippen molar-refractivity contribution in [3.8, 4) is 0 Å². The smallest absolute Gasteiger partial charge is 0.314 e. The van der Waals surface area contributed by atoms with Crippen molar-refractivity contribution in [1.82, 2.24) is 0 Å². The van der Waals surface area contributed by atoms with E-state index in [-0.39, 0.29) is 17.6 Å². The first-order valence-electron chi connectivity index (χ1n) is 6.50. The van der Waals surface area contributed by atoms with Gasteiger partial charge in [0, 0.05) is 12.0 Å². The minimum Gasteiger partial charge on any atom is -0.481 e. The highest BCUT2D eigenvalue weighted by Crippen LogP contribution is 2.23. The molecule has 20 heavy (non-hydrogen) atoms. The Morgan fingerprint density at radius 2 is 1.60 bits per heavy atom. The van der Waals surface area contributed by atoms with E-state index in [1.807, 2.05) is 12.1 Å². The van der Waals surface area contributed by atoms with E-state index in [2.05, 4.69) is 20.8 Å². The lowest BCUT2D eigenvalue weighted by Gasteiger charge is -2.19. The van der Waals surface area contributed by atoms with E-state index < -0.39 is 17.7 Å². The minimum absolute atomic E-state index is 0.00936. The SMILES string of the molecule is CC(=O)C(CC(=O)c1ccc(C(C)(C)C)cc1)C(=O)O. The molecule has 1 aromatic carbocycles. The molecule has 0 amide bonds. The average Bonchev–Trinajstić information content (AvgIpc) is 2.34. The van der Waals surface area contributed by atoms with Crippen LogP contribution in [0.1, 0.15) is 50.0 Å². The van der Waals surface area contributed by atoms with Crippen LogP contribution in [0.5, 0.6) is 0 Å². The van der Waals surface area contributed by atoms with Gasteiger partial charge in [-0.25, -0.2) is 0 Å². The fraction of sp³-hybridized carbons (Fsp3) is 0.438. The Bertz CT molecular complexity index is 506. The van der Waals surface area contributed by atoms with Crippen LogP contribution in [0.15, 0.2) is 24.3 Å². The van der Waals surface area contributed by atoms with Crippen LogP contribution in [0.25, 0.3) is 0 Å². The Morgan fingerprint density at radius 1 is 1.10 bits per heavy atom. The van der Waals surface area contributed by atoms with Crippen LogP contribution in [0.4, 0.5) is 0 Å². The summed E-state index contributed by atoms with van der Waals surface area (Å²) in [6.07, 6.45) is -0.292. The lowest BCUT2D eigenvalue weighted by atomic mass is 9.86. The van der Waals surface area contributed by atoms with E-state index in [4.69, 9.17) is 5.11 Å². The number of carbonyl (C=O) groups is 3. The average molecular weight is 276 g/mol. The molecular weight excluding hydrogens is 256 g/mol. The van der Waals surface area contributed by atoms with Gasteiger partial charge in [0.1, 0.15) is 11.7 Å². The van der Waals surface area contributed by atoms with Crippen molar-refractivity contribution in [2.45, 2.75) is 39.5 Å². The second kappa shape index (κ2) is 5.99. The second-order valence-corrected chi connectivity index (χ2v) is 5.96. The summed E-state index contributed by atoms with van der Waals surface area (Å²) in [5.41, 5.74) is 1.52. The highest BCUT2D eigenvalue weighted by atomic mass is 16.4.